The van der Waals surface area contributed by atoms with E-state index in [-0.39, 0.29) is 0 Å². The van der Waals surface area contributed by atoms with Gasteiger partial charge < -0.3 is 5.73 Å². The Kier molecular flexibility index (Phi) is 2.38. The summed E-state index contributed by atoms with van der Waals surface area (Å²) in [4.78, 5) is 1.18. The number of hydrogen-bond donors (Lipinski definition) is 1. The van der Waals surface area contributed by atoms with E-state index < -0.39 is 0 Å². The first-order valence-electron chi connectivity index (χ1n) is 4.11. The molecule has 0 saturated carbocycles. The molecule has 2 aromatic rings. The minimum absolute atomic E-state index is 0.517. The second-order valence-corrected chi connectivity index (χ2v) is 3.56. The van der Waals surface area contributed by atoms with Gasteiger partial charge in [-0.1, -0.05) is 30.3 Å². The molecule has 0 bridgehead atoms. The Labute approximate surface area is 81.2 Å². The van der Waals surface area contributed by atoms with Crippen LogP contribution < -0.4 is 5.73 Å². The molecule has 3 heteroatoms. The molecule has 1 aromatic carbocycles. The lowest BCUT2D eigenvalue weighted by molar-refractivity contribution is 1.03. The second-order valence-electron chi connectivity index (χ2n) is 2.75. The van der Waals surface area contributed by atoms with Crippen molar-refractivity contribution >= 4 is 11.5 Å². The molecule has 1 aromatic heterocycles. The Morgan fingerprint density at radius 2 is 2.00 bits per heavy atom. The van der Waals surface area contributed by atoms with Gasteiger partial charge in [0.2, 0.25) is 0 Å². The van der Waals surface area contributed by atoms with Crippen LogP contribution in [0.25, 0.3) is 10.4 Å². The molecular weight excluding hydrogens is 180 g/mol. The third-order valence-corrected chi connectivity index (χ3v) is 2.70. The highest BCUT2D eigenvalue weighted by molar-refractivity contribution is 7.09. The highest BCUT2D eigenvalue weighted by atomic mass is 32.1. The van der Waals surface area contributed by atoms with Gasteiger partial charge in [-0.3, -0.25) is 0 Å². The largest absolute Gasteiger partial charge is 0.325 e. The molecule has 0 unspecified atom stereocenters. The summed E-state index contributed by atoms with van der Waals surface area (Å²) in [7, 11) is 0. The van der Waals surface area contributed by atoms with Gasteiger partial charge >= 0.3 is 0 Å². The fraction of sp³-hybridized carbons (Fsp3) is 0.100. The zero-order chi connectivity index (χ0) is 9.10. The van der Waals surface area contributed by atoms with Gasteiger partial charge in [0.15, 0.2) is 0 Å². The molecule has 2 N–H and O–H groups in total. The summed E-state index contributed by atoms with van der Waals surface area (Å²) in [5.74, 6) is 0. The highest BCUT2D eigenvalue weighted by Gasteiger charge is 2.01. The Morgan fingerprint density at radius 3 is 2.62 bits per heavy atom. The van der Waals surface area contributed by atoms with Crippen molar-refractivity contribution in [2.45, 2.75) is 6.54 Å². The van der Waals surface area contributed by atoms with Crippen LogP contribution in [-0.4, -0.2) is 4.37 Å². The minimum atomic E-state index is 0.517. The lowest BCUT2D eigenvalue weighted by Crippen LogP contribution is -1.94. The van der Waals surface area contributed by atoms with Gasteiger partial charge in [0, 0.05) is 6.54 Å². The van der Waals surface area contributed by atoms with Crippen LogP contribution in [0.3, 0.4) is 0 Å². The predicted octanol–water partition coefficient (Wildman–Crippen LogP) is 2.27. The van der Waals surface area contributed by atoms with Gasteiger partial charge in [0.25, 0.3) is 0 Å². The summed E-state index contributed by atoms with van der Waals surface area (Å²) >= 11 is 1.50. The molecule has 1 heterocycles. The Morgan fingerprint density at radius 1 is 1.23 bits per heavy atom. The molecule has 0 aliphatic rings. The van der Waals surface area contributed by atoms with E-state index in [0.29, 0.717) is 6.54 Å². The van der Waals surface area contributed by atoms with Crippen LogP contribution in [-0.2, 0) is 6.54 Å². The molecule has 0 saturated heterocycles. The fourth-order valence-electron chi connectivity index (χ4n) is 1.15. The predicted molar refractivity (Wildman–Crippen MR) is 55.4 cm³/mol. The quantitative estimate of drug-likeness (QED) is 0.789. The Bertz CT molecular complexity index is 381. The molecule has 0 fully saturated rings. The van der Waals surface area contributed by atoms with Crippen molar-refractivity contribution in [2.24, 2.45) is 5.73 Å². The van der Waals surface area contributed by atoms with Gasteiger partial charge in [-0.25, -0.2) is 0 Å². The molecule has 0 spiro atoms. The van der Waals surface area contributed by atoms with Crippen LogP contribution in [0.4, 0.5) is 0 Å². The van der Waals surface area contributed by atoms with Gasteiger partial charge in [-0.15, -0.1) is 0 Å². The van der Waals surface area contributed by atoms with E-state index in [1.807, 2.05) is 24.3 Å². The third kappa shape index (κ3) is 1.76. The molecule has 0 atom stereocenters. The average molecular weight is 190 g/mol. The first-order chi connectivity index (χ1) is 6.40. The fourth-order valence-corrected chi connectivity index (χ4v) is 1.92. The van der Waals surface area contributed by atoms with Gasteiger partial charge in [-0.05, 0) is 23.2 Å². The summed E-state index contributed by atoms with van der Waals surface area (Å²) in [6.45, 7) is 0.517. The second kappa shape index (κ2) is 3.68. The smallest absolute Gasteiger partial charge is 0.0684 e. The maximum Gasteiger partial charge on any atom is 0.0684 e. The van der Waals surface area contributed by atoms with Crippen molar-refractivity contribution in [3.8, 4) is 10.4 Å². The lowest BCUT2D eigenvalue weighted by Gasteiger charge is -1.92. The average Bonchev–Trinajstić information content (AvgIpc) is 2.67. The molecule has 0 aliphatic heterocycles. The van der Waals surface area contributed by atoms with E-state index >= 15 is 0 Å². The number of aromatic nitrogens is 1. The summed E-state index contributed by atoms with van der Waals surface area (Å²) in [5, 5.41) is 0. The van der Waals surface area contributed by atoms with E-state index in [1.54, 1.807) is 0 Å². The number of benzene rings is 1. The zero-order valence-corrected chi connectivity index (χ0v) is 7.92. The first-order valence-corrected chi connectivity index (χ1v) is 4.88. The Balaban J connectivity index is 2.36. The first kappa shape index (κ1) is 8.41. The molecule has 13 heavy (non-hydrogen) atoms. The van der Waals surface area contributed by atoms with E-state index in [4.69, 9.17) is 5.73 Å². The van der Waals surface area contributed by atoms with E-state index in [9.17, 15) is 0 Å². The maximum atomic E-state index is 5.49. The minimum Gasteiger partial charge on any atom is -0.325 e. The van der Waals surface area contributed by atoms with Crippen molar-refractivity contribution in [1.82, 2.24) is 4.37 Å². The van der Waals surface area contributed by atoms with Crippen LogP contribution in [0.5, 0.6) is 0 Å². The van der Waals surface area contributed by atoms with Crippen LogP contribution in [0.1, 0.15) is 5.69 Å². The monoisotopic (exact) mass is 190 g/mol. The SMILES string of the molecule is NCc1cc(-c2ccccc2)sn1. The molecule has 0 radical (unpaired) electrons. The molecule has 66 valence electrons. The summed E-state index contributed by atoms with van der Waals surface area (Å²) in [5.41, 5.74) is 7.66. The lowest BCUT2D eigenvalue weighted by atomic mass is 10.2. The van der Waals surface area contributed by atoms with Gasteiger partial charge in [0.1, 0.15) is 0 Å². The summed E-state index contributed by atoms with van der Waals surface area (Å²) in [6.07, 6.45) is 0. The number of hydrogen-bond acceptors (Lipinski definition) is 3. The van der Waals surface area contributed by atoms with Gasteiger partial charge in [0.05, 0.1) is 10.6 Å². The zero-order valence-electron chi connectivity index (χ0n) is 7.10. The molecule has 0 amide bonds. The molecule has 0 aliphatic carbocycles. The van der Waals surface area contributed by atoms with Crippen LogP contribution in [0.15, 0.2) is 36.4 Å². The van der Waals surface area contributed by atoms with E-state index in [1.165, 1.54) is 22.0 Å². The number of nitrogens with two attached hydrogens (primary N) is 1. The van der Waals surface area contributed by atoms with Crippen molar-refractivity contribution in [3.05, 3.63) is 42.1 Å². The third-order valence-electron chi connectivity index (χ3n) is 1.83. The summed E-state index contributed by atoms with van der Waals surface area (Å²) < 4.78 is 4.23. The standard InChI is InChI=1S/C10H10N2S/c11-7-9-6-10(13-12-9)8-4-2-1-3-5-8/h1-6H,7,11H2. The topological polar surface area (TPSA) is 38.9 Å². The molecule has 2 rings (SSSR count). The van der Waals surface area contributed by atoms with Crippen LogP contribution in [0, 0.1) is 0 Å². The number of nitrogens with zero attached hydrogens (tertiary/aromatic N) is 1. The van der Waals surface area contributed by atoms with E-state index in [2.05, 4.69) is 16.5 Å². The number of rotatable bonds is 2. The molecular formula is C10H10N2S. The van der Waals surface area contributed by atoms with Crippen molar-refractivity contribution in [3.63, 3.8) is 0 Å². The summed E-state index contributed by atoms with van der Waals surface area (Å²) in [6, 6.07) is 12.3. The Hall–Kier alpha value is -1.19. The normalized spacial score (nSPS) is 10.2. The van der Waals surface area contributed by atoms with Gasteiger partial charge in [-0.2, -0.15) is 4.37 Å². The van der Waals surface area contributed by atoms with Crippen molar-refractivity contribution in [2.75, 3.05) is 0 Å². The van der Waals surface area contributed by atoms with E-state index in [0.717, 1.165) is 5.69 Å². The van der Waals surface area contributed by atoms with Crippen molar-refractivity contribution < 1.29 is 0 Å². The van der Waals surface area contributed by atoms with Crippen LogP contribution in [0.2, 0.25) is 0 Å². The maximum absolute atomic E-state index is 5.49. The van der Waals surface area contributed by atoms with Crippen molar-refractivity contribution in [1.29, 1.82) is 0 Å². The molecule has 2 nitrogen and oxygen atoms in total. The highest BCUT2D eigenvalue weighted by Crippen LogP contribution is 2.23. The van der Waals surface area contributed by atoms with Crippen LogP contribution >= 0.6 is 11.5 Å².